The second kappa shape index (κ2) is 7.14. The normalized spacial score (nSPS) is 11.8. The van der Waals surface area contributed by atoms with Crippen LogP contribution in [0, 0.1) is 0 Å². The largest absolute Gasteiger partial charge is 0.491 e. The topological polar surface area (TPSA) is 47.1 Å². The fourth-order valence-corrected chi connectivity index (χ4v) is 2.56. The molecule has 0 saturated carbocycles. The second-order valence-electron chi connectivity index (χ2n) is 5.55. The Labute approximate surface area is 142 Å². The van der Waals surface area contributed by atoms with E-state index in [1.54, 1.807) is 31.6 Å². The zero-order valence-electron chi connectivity index (χ0n) is 13.6. The van der Waals surface area contributed by atoms with E-state index in [0.29, 0.717) is 35.6 Å². The van der Waals surface area contributed by atoms with Crippen LogP contribution in [0.2, 0.25) is 0 Å². The Bertz CT molecular complexity index is 859. The van der Waals surface area contributed by atoms with Gasteiger partial charge in [0, 0.05) is 42.8 Å². The lowest BCUT2D eigenvalue weighted by Gasteiger charge is -2.09. The predicted octanol–water partition coefficient (Wildman–Crippen LogP) is 4.66. The highest BCUT2D eigenvalue weighted by Gasteiger charge is 2.30. The van der Waals surface area contributed by atoms with Gasteiger partial charge in [0.15, 0.2) is 0 Å². The third-order valence-electron chi connectivity index (χ3n) is 3.77. The molecule has 0 fully saturated rings. The van der Waals surface area contributed by atoms with Crippen LogP contribution in [0.3, 0.4) is 0 Å². The number of nitrogens with zero attached hydrogens (tertiary/aromatic N) is 1. The van der Waals surface area contributed by atoms with Crippen LogP contribution in [-0.4, -0.2) is 30.3 Å². The highest BCUT2D eigenvalue weighted by atomic mass is 19.4. The van der Waals surface area contributed by atoms with E-state index >= 15 is 0 Å². The van der Waals surface area contributed by atoms with E-state index in [0.717, 1.165) is 24.1 Å². The van der Waals surface area contributed by atoms with Crippen LogP contribution in [0.1, 0.15) is 12.0 Å². The molecule has 4 nitrogen and oxygen atoms in total. The number of benzene rings is 1. The molecule has 0 aliphatic rings. The average Bonchev–Trinajstić information content (AvgIpc) is 3.01. The highest BCUT2D eigenvalue weighted by Crippen LogP contribution is 2.34. The van der Waals surface area contributed by atoms with Gasteiger partial charge in [-0.2, -0.15) is 13.2 Å². The molecule has 1 N–H and O–H groups in total. The molecule has 0 aliphatic carbocycles. The Morgan fingerprint density at radius 1 is 1.12 bits per heavy atom. The van der Waals surface area contributed by atoms with E-state index in [1.165, 1.54) is 6.07 Å². The van der Waals surface area contributed by atoms with E-state index in [-0.39, 0.29) is 0 Å². The lowest BCUT2D eigenvalue weighted by molar-refractivity contribution is -0.137. The predicted molar refractivity (Wildman–Crippen MR) is 88.5 cm³/mol. The maximum absolute atomic E-state index is 12.9. The molecule has 2 aromatic heterocycles. The van der Waals surface area contributed by atoms with Crippen LogP contribution in [0.15, 0.2) is 42.7 Å². The highest BCUT2D eigenvalue weighted by molar-refractivity contribution is 5.87. The fraction of sp³-hybridized carbons (Fsp3) is 0.278. The summed E-state index contributed by atoms with van der Waals surface area (Å²) >= 11 is 0. The molecular formula is C18H17F3N2O2. The Morgan fingerprint density at radius 3 is 2.72 bits per heavy atom. The molecule has 3 rings (SSSR count). The fourth-order valence-electron chi connectivity index (χ4n) is 2.56. The van der Waals surface area contributed by atoms with Crippen LogP contribution in [-0.2, 0) is 10.9 Å². The molecule has 0 bridgehead atoms. The number of rotatable bonds is 6. The molecule has 0 saturated heterocycles. The molecule has 2 heterocycles. The number of hydrogen-bond acceptors (Lipinski definition) is 3. The van der Waals surface area contributed by atoms with Crippen molar-refractivity contribution >= 4 is 10.9 Å². The third-order valence-corrected chi connectivity index (χ3v) is 3.77. The number of pyridine rings is 1. The van der Waals surface area contributed by atoms with Crippen LogP contribution in [0.25, 0.3) is 22.2 Å². The number of aromatic nitrogens is 2. The summed E-state index contributed by atoms with van der Waals surface area (Å²) in [6.07, 6.45) is -0.427. The van der Waals surface area contributed by atoms with Crippen LogP contribution >= 0.6 is 0 Å². The van der Waals surface area contributed by atoms with Crippen molar-refractivity contribution in [2.75, 3.05) is 20.3 Å². The van der Waals surface area contributed by atoms with Gasteiger partial charge in [0.1, 0.15) is 5.75 Å². The quantitative estimate of drug-likeness (QED) is 0.658. The monoisotopic (exact) mass is 350 g/mol. The van der Waals surface area contributed by atoms with Gasteiger partial charge in [0.2, 0.25) is 0 Å². The first-order valence-corrected chi connectivity index (χ1v) is 7.75. The molecular weight excluding hydrogens is 333 g/mol. The summed E-state index contributed by atoms with van der Waals surface area (Å²) in [6, 6.07) is 7.08. The summed E-state index contributed by atoms with van der Waals surface area (Å²) in [6.45, 7) is 1.05. The maximum atomic E-state index is 12.9. The standard InChI is InChI=1S/C18H17F3N2O2/c1-24-7-2-8-25-17-11-22-6-5-14(17)16-10-12-9-13(18(19,20)21)3-4-15(12)23-16/h3-6,9-11,23H,2,7-8H2,1H3. The molecule has 0 atom stereocenters. The molecule has 132 valence electrons. The molecule has 0 unspecified atom stereocenters. The number of methoxy groups -OCH3 is 1. The van der Waals surface area contributed by atoms with Crippen LogP contribution in [0.4, 0.5) is 13.2 Å². The van der Waals surface area contributed by atoms with Crippen LogP contribution < -0.4 is 4.74 Å². The zero-order chi connectivity index (χ0) is 17.9. The lowest BCUT2D eigenvalue weighted by Crippen LogP contribution is -2.03. The number of H-pyrrole nitrogens is 1. The lowest BCUT2D eigenvalue weighted by atomic mass is 10.1. The summed E-state index contributed by atoms with van der Waals surface area (Å²) in [5, 5.41) is 0.493. The van der Waals surface area contributed by atoms with Crippen molar-refractivity contribution in [1.82, 2.24) is 9.97 Å². The van der Waals surface area contributed by atoms with Crippen molar-refractivity contribution < 1.29 is 22.6 Å². The Morgan fingerprint density at radius 2 is 1.96 bits per heavy atom. The molecule has 0 aliphatic heterocycles. The maximum Gasteiger partial charge on any atom is 0.416 e. The van der Waals surface area contributed by atoms with Gasteiger partial charge in [-0.05, 0) is 30.3 Å². The summed E-state index contributed by atoms with van der Waals surface area (Å²) < 4.78 is 49.3. The van der Waals surface area contributed by atoms with Gasteiger partial charge in [-0.25, -0.2) is 0 Å². The van der Waals surface area contributed by atoms with Crippen molar-refractivity contribution in [3.63, 3.8) is 0 Å². The number of aromatic amines is 1. The number of halogens is 3. The Kier molecular flexibility index (Phi) is 4.94. The van der Waals surface area contributed by atoms with E-state index in [4.69, 9.17) is 9.47 Å². The Balaban J connectivity index is 1.91. The summed E-state index contributed by atoms with van der Waals surface area (Å²) in [4.78, 5) is 7.18. The SMILES string of the molecule is COCCCOc1cnccc1-c1cc2cc(C(F)(F)F)ccc2[nH]1. The van der Waals surface area contributed by atoms with E-state index in [1.807, 2.05) is 0 Å². The molecule has 7 heteroatoms. The van der Waals surface area contributed by atoms with Gasteiger partial charge >= 0.3 is 6.18 Å². The van der Waals surface area contributed by atoms with Crippen molar-refractivity contribution in [1.29, 1.82) is 0 Å². The molecule has 0 amide bonds. The molecule has 0 spiro atoms. The van der Waals surface area contributed by atoms with Gasteiger partial charge in [-0.1, -0.05) is 0 Å². The first-order chi connectivity index (χ1) is 12.0. The van der Waals surface area contributed by atoms with Crippen molar-refractivity contribution in [3.8, 4) is 17.0 Å². The smallest absolute Gasteiger partial charge is 0.416 e. The first-order valence-electron chi connectivity index (χ1n) is 7.75. The van der Waals surface area contributed by atoms with E-state index < -0.39 is 11.7 Å². The molecule has 1 aromatic carbocycles. The number of hydrogen-bond donors (Lipinski definition) is 1. The number of fused-ring (bicyclic) bond motifs is 1. The molecule has 25 heavy (non-hydrogen) atoms. The number of ether oxygens (including phenoxy) is 2. The van der Waals surface area contributed by atoms with Gasteiger partial charge in [0.25, 0.3) is 0 Å². The van der Waals surface area contributed by atoms with Crippen molar-refractivity contribution in [3.05, 3.63) is 48.3 Å². The van der Waals surface area contributed by atoms with Gasteiger partial charge < -0.3 is 14.5 Å². The first kappa shape index (κ1) is 17.3. The summed E-state index contributed by atoms with van der Waals surface area (Å²) in [5.41, 5.74) is 1.39. The van der Waals surface area contributed by atoms with Crippen LogP contribution in [0.5, 0.6) is 5.75 Å². The molecule has 3 aromatic rings. The third kappa shape index (κ3) is 3.93. The minimum atomic E-state index is -4.36. The van der Waals surface area contributed by atoms with Crippen molar-refractivity contribution in [2.45, 2.75) is 12.6 Å². The van der Waals surface area contributed by atoms with Gasteiger partial charge in [-0.3, -0.25) is 4.98 Å². The van der Waals surface area contributed by atoms with Crippen molar-refractivity contribution in [2.24, 2.45) is 0 Å². The average molecular weight is 350 g/mol. The minimum absolute atomic E-state index is 0.463. The summed E-state index contributed by atoms with van der Waals surface area (Å²) in [5.74, 6) is 0.571. The summed E-state index contributed by atoms with van der Waals surface area (Å²) in [7, 11) is 1.62. The Hall–Kier alpha value is -2.54. The zero-order valence-corrected chi connectivity index (χ0v) is 13.6. The number of nitrogens with one attached hydrogen (secondary N) is 1. The van der Waals surface area contributed by atoms with E-state index in [2.05, 4.69) is 9.97 Å². The van der Waals surface area contributed by atoms with E-state index in [9.17, 15) is 13.2 Å². The van der Waals surface area contributed by atoms with Gasteiger partial charge in [0.05, 0.1) is 24.1 Å². The minimum Gasteiger partial charge on any atom is -0.491 e. The number of alkyl halides is 3. The van der Waals surface area contributed by atoms with Gasteiger partial charge in [-0.15, -0.1) is 0 Å². The molecule has 0 radical (unpaired) electrons. The second-order valence-corrected chi connectivity index (χ2v) is 5.55.